The third kappa shape index (κ3) is 23.5. The van der Waals surface area contributed by atoms with Gasteiger partial charge in [-0.1, -0.05) is 0 Å². The molecule has 0 aromatic rings. The van der Waals surface area contributed by atoms with E-state index < -0.39 is 21.8 Å². The van der Waals surface area contributed by atoms with E-state index >= 15 is 0 Å². The van der Waals surface area contributed by atoms with Crippen LogP contribution in [0.25, 0.3) is 0 Å². The molecule has 0 radical (unpaired) electrons. The predicted molar refractivity (Wildman–Crippen MR) is 102 cm³/mol. The number of halogens is 12. The first-order valence-corrected chi connectivity index (χ1v) is 10.5. The van der Waals surface area contributed by atoms with E-state index in [2.05, 4.69) is 52.0 Å². The summed E-state index contributed by atoms with van der Waals surface area (Å²) in [7, 11) is -18.0. The molecule has 0 saturated heterocycles. The SMILES string of the molecule is CC(C)C1=[C]([Cr+3][C]2=C(C(C)C)C=CC2)CC=C1.F[B-](F)(F)F.F[B-](F)(F)F.F[B-](F)(F)F. The van der Waals surface area contributed by atoms with Gasteiger partial charge in [-0.15, -0.1) is 0 Å². The van der Waals surface area contributed by atoms with Gasteiger partial charge in [-0.3, -0.25) is 0 Å². The van der Waals surface area contributed by atoms with Gasteiger partial charge in [0, 0.05) is 0 Å². The summed E-state index contributed by atoms with van der Waals surface area (Å²) in [6.07, 6.45) is 11.8. The van der Waals surface area contributed by atoms with Crippen molar-refractivity contribution in [3.8, 4) is 0 Å². The Bertz CT molecular complexity index is 599. The molecule has 0 spiro atoms. The molecule has 16 heteroatoms. The largest absolute Gasteiger partial charge is 0.673 e. The van der Waals surface area contributed by atoms with E-state index in [9.17, 15) is 51.8 Å². The molecule has 2 aliphatic carbocycles. The second-order valence-electron chi connectivity index (χ2n) is 6.87. The van der Waals surface area contributed by atoms with E-state index in [1.165, 1.54) is 12.8 Å². The van der Waals surface area contributed by atoms with E-state index in [0.29, 0.717) is 27.1 Å². The quantitative estimate of drug-likeness (QED) is 0.254. The van der Waals surface area contributed by atoms with Gasteiger partial charge < -0.3 is 51.8 Å². The van der Waals surface area contributed by atoms with E-state index in [1.807, 2.05) is 0 Å². The van der Waals surface area contributed by atoms with Gasteiger partial charge in [-0.25, -0.2) is 0 Å². The standard InChI is InChI=1S/2C8H11.3BF4.Cr/c2*1-7(2)8-5-3-4-6-8;3*2-1(3,4)5;/h2*3,5,7H,4H2,1-2H3;;;;/q;;3*-1;+3. The molecule has 32 heavy (non-hydrogen) atoms. The molecule has 0 bridgehead atoms. The summed E-state index contributed by atoms with van der Waals surface area (Å²) in [5.41, 5.74) is 3.21. The Morgan fingerprint density at radius 3 is 0.969 bits per heavy atom. The molecular weight excluding hydrogens is 505 g/mol. The minimum Gasteiger partial charge on any atom is -0.418 e. The number of rotatable bonds is 4. The number of allylic oxidation sites excluding steroid dienone is 8. The fourth-order valence-electron chi connectivity index (χ4n) is 2.39. The molecule has 0 nitrogen and oxygen atoms in total. The molecule has 0 aromatic carbocycles. The molecule has 0 fully saturated rings. The van der Waals surface area contributed by atoms with Gasteiger partial charge in [-0.2, -0.15) is 0 Å². The van der Waals surface area contributed by atoms with Crippen LogP contribution < -0.4 is 0 Å². The average Bonchev–Trinajstić information content (AvgIpc) is 3.11. The zero-order chi connectivity index (χ0) is 25.9. The van der Waals surface area contributed by atoms with Crippen LogP contribution in [0.3, 0.4) is 0 Å². The first kappa shape index (κ1) is 33.0. The van der Waals surface area contributed by atoms with Crippen LogP contribution in [0.2, 0.25) is 0 Å². The van der Waals surface area contributed by atoms with Crippen LogP contribution in [0.1, 0.15) is 40.5 Å². The van der Waals surface area contributed by atoms with Crippen molar-refractivity contribution in [2.45, 2.75) is 40.5 Å². The van der Waals surface area contributed by atoms with E-state index in [1.54, 1.807) is 20.0 Å². The maximum absolute atomic E-state index is 9.75. The van der Waals surface area contributed by atoms with Crippen LogP contribution in [0, 0.1) is 11.8 Å². The van der Waals surface area contributed by atoms with Crippen LogP contribution >= 0.6 is 0 Å². The van der Waals surface area contributed by atoms with Crippen molar-refractivity contribution >= 4 is 21.8 Å². The molecule has 0 unspecified atom stereocenters. The van der Waals surface area contributed by atoms with Crippen molar-refractivity contribution in [1.82, 2.24) is 0 Å². The van der Waals surface area contributed by atoms with Crippen LogP contribution in [0.5, 0.6) is 0 Å². The summed E-state index contributed by atoms with van der Waals surface area (Å²) < 4.78 is 120. The fourth-order valence-corrected chi connectivity index (χ4v) is 4.73. The summed E-state index contributed by atoms with van der Waals surface area (Å²) in [5.74, 6) is 1.37. The Morgan fingerprint density at radius 1 is 0.562 bits per heavy atom. The minimum atomic E-state index is -6.00. The van der Waals surface area contributed by atoms with E-state index in [-0.39, 0.29) is 0 Å². The minimum absolute atomic E-state index is 0.576. The zero-order valence-corrected chi connectivity index (χ0v) is 18.8. The van der Waals surface area contributed by atoms with Gasteiger partial charge in [0.1, 0.15) is 0 Å². The molecule has 0 aliphatic heterocycles. The molecule has 0 saturated carbocycles. The van der Waals surface area contributed by atoms with Crippen LogP contribution in [0.4, 0.5) is 51.8 Å². The van der Waals surface area contributed by atoms with Crippen molar-refractivity contribution in [1.29, 1.82) is 0 Å². The topological polar surface area (TPSA) is 0 Å². The zero-order valence-electron chi connectivity index (χ0n) is 17.6. The normalized spacial score (nSPS) is 15.8. The molecule has 0 N–H and O–H groups in total. The van der Waals surface area contributed by atoms with Crippen molar-refractivity contribution in [3.63, 3.8) is 0 Å². The summed E-state index contributed by atoms with van der Waals surface area (Å²) in [6.45, 7) is 9.24. The van der Waals surface area contributed by atoms with Gasteiger partial charge in [0.2, 0.25) is 0 Å². The first-order chi connectivity index (χ1) is 14.1. The summed E-state index contributed by atoms with van der Waals surface area (Å²) >= 11 is 0.576. The average molecular weight is 527 g/mol. The third-order valence-corrected chi connectivity index (χ3v) is 5.36. The van der Waals surface area contributed by atoms with Gasteiger partial charge in [0.05, 0.1) is 0 Å². The Morgan fingerprint density at radius 2 is 0.781 bits per heavy atom. The van der Waals surface area contributed by atoms with Crippen LogP contribution in [-0.2, 0) is 15.2 Å². The summed E-state index contributed by atoms with van der Waals surface area (Å²) in [4.78, 5) is 0. The van der Waals surface area contributed by atoms with Crippen molar-refractivity contribution in [2.75, 3.05) is 0 Å². The van der Waals surface area contributed by atoms with Gasteiger partial charge in [-0.05, 0) is 0 Å². The fraction of sp³-hybridized carbons (Fsp3) is 0.500. The molecule has 0 atom stereocenters. The maximum atomic E-state index is 9.75. The second kappa shape index (κ2) is 14.2. The molecule has 185 valence electrons. The van der Waals surface area contributed by atoms with Crippen molar-refractivity contribution in [3.05, 3.63) is 44.3 Å². The molecule has 0 amide bonds. The van der Waals surface area contributed by atoms with Crippen LogP contribution in [-0.4, -0.2) is 21.8 Å². The molecule has 0 aromatic heterocycles. The van der Waals surface area contributed by atoms with E-state index in [0.717, 1.165) is 0 Å². The Labute approximate surface area is 185 Å². The van der Waals surface area contributed by atoms with E-state index in [4.69, 9.17) is 0 Å². The predicted octanol–water partition coefficient (Wildman–Crippen LogP) is 8.71. The van der Waals surface area contributed by atoms with Crippen LogP contribution in [0.15, 0.2) is 44.3 Å². The van der Waals surface area contributed by atoms with Crippen molar-refractivity contribution in [2.24, 2.45) is 11.8 Å². The third-order valence-electron chi connectivity index (χ3n) is 3.34. The molecule has 2 rings (SSSR count). The first-order valence-electron chi connectivity index (χ1n) is 9.18. The monoisotopic (exact) mass is 527 g/mol. The molecule has 0 heterocycles. The van der Waals surface area contributed by atoms with Gasteiger partial charge >= 0.3 is 134 Å². The summed E-state index contributed by atoms with van der Waals surface area (Å²) in [5, 5.41) is 0. The Kier molecular flexibility index (Phi) is 14.6. The Hall–Kier alpha value is -1.15. The maximum Gasteiger partial charge on any atom is 0.673 e. The molecule has 2 aliphatic rings. The second-order valence-corrected chi connectivity index (χ2v) is 8.72. The van der Waals surface area contributed by atoms with Gasteiger partial charge in [0.15, 0.2) is 0 Å². The smallest absolute Gasteiger partial charge is 0.418 e. The number of hydrogen-bond donors (Lipinski definition) is 0. The van der Waals surface area contributed by atoms with Gasteiger partial charge in [0.25, 0.3) is 0 Å². The van der Waals surface area contributed by atoms with Crippen molar-refractivity contribution < 1.29 is 67.0 Å². The summed E-state index contributed by atoms with van der Waals surface area (Å²) in [6, 6.07) is 0. The Balaban J connectivity index is 0. The number of hydrogen-bond acceptors (Lipinski definition) is 0. The molecular formula is C16H22B3CrF12.